The first-order valence-electron chi connectivity index (χ1n) is 4.86. The van der Waals surface area contributed by atoms with Crippen molar-refractivity contribution in [1.82, 2.24) is 4.57 Å². The number of rotatable bonds is 3. The molecule has 1 aromatic rings. The smallest absolute Gasteiger partial charge is 0.235 e. The van der Waals surface area contributed by atoms with E-state index in [-0.39, 0.29) is 11.8 Å². The van der Waals surface area contributed by atoms with Gasteiger partial charge in [0.1, 0.15) is 5.82 Å². The first kappa shape index (κ1) is 9.71. The minimum absolute atomic E-state index is 0.121. The number of hydrogen-bond acceptors (Lipinski definition) is 2. The Morgan fingerprint density at radius 2 is 2.00 bits per heavy atom. The fourth-order valence-corrected chi connectivity index (χ4v) is 1.73. The molecule has 1 aromatic heterocycles. The molecule has 2 amide bonds. The van der Waals surface area contributed by atoms with Crippen molar-refractivity contribution in [3.8, 4) is 0 Å². The van der Waals surface area contributed by atoms with Gasteiger partial charge in [0.05, 0.1) is 0 Å². The van der Waals surface area contributed by atoms with Crippen LogP contribution in [0.15, 0.2) is 31.0 Å². The van der Waals surface area contributed by atoms with E-state index in [0.717, 1.165) is 0 Å². The first-order chi connectivity index (χ1) is 7.24. The largest absolute Gasteiger partial charge is 0.330 e. The Labute approximate surface area is 87.8 Å². The molecule has 0 aliphatic carbocycles. The van der Waals surface area contributed by atoms with Gasteiger partial charge in [-0.05, 0) is 12.1 Å². The highest BCUT2D eigenvalue weighted by Gasteiger charge is 2.31. The third kappa shape index (κ3) is 1.58. The molecule has 2 heterocycles. The summed E-state index contributed by atoms with van der Waals surface area (Å²) in [6.07, 6.45) is 4.20. The molecule has 1 fully saturated rings. The van der Waals surface area contributed by atoms with Crippen LogP contribution in [0.2, 0.25) is 0 Å². The molecule has 0 unspecified atom stereocenters. The summed E-state index contributed by atoms with van der Waals surface area (Å²) in [5.74, 6) is 0.399. The number of carbonyl (C=O) groups excluding carboxylic acids is 2. The van der Waals surface area contributed by atoms with E-state index >= 15 is 0 Å². The number of nitrogens with zero attached hydrogens (tertiary/aromatic N) is 2. The van der Waals surface area contributed by atoms with Gasteiger partial charge in [0, 0.05) is 25.6 Å². The first-order valence-corrected chi connectivity index (χ1v) is 4.86. The lowest BCUT2D eigenvalue weighted by atomic mass is 10.4. The molecule has 78 valence electrons. The zero-order chi connectivity index (χ0) is 10.8. The second-order valence-electron chi connectivity index (χ2n) is 3.43. The molecule has 0 aromatic carbocycles. The summed E-state index contributed by atoms with van der Waals surface area (Å²) in [4.78, 5) is 24.3. The van der Waals surface area contributed by atoms with Crippen LogP contribution in [0.25, 0.3) is 0 Å². The summed E-state index contributed by atoms with van der Waals surface area (Å²) in [5, 5.41) is 0. The molecular weight excluding hydrogens is 192 g/mol. The van der Waals surface area contributed by atoms with Crippen LogP contribution in [-0.4, -0.2) is 16.4 Å². The fraction of sp³-hybridized carbons (Fsp3) is 0.273. The van der Waals surface area contributed by atoms with Crippen LogP contribution < -0.4 is 4.90 Å². The third-order valence-electron chi connectivity index (χ3n) is 2.41. The number of aromatic nitrogens is 1. The van der Waals surface area contributed by atoms with Crippen molar-refractivity contribution in [2.75, 3.05) is 4.90 Å². The normalized spacial score (nSPS) is 16.1. The number of amides is 2. The van der Waals surface area contributed by atoms with E-state index in [0.29, 0.717) is 25.2 Å². The van der Waals surface area contributed by atoms with Crippen molar-refractivity contribution in [3.63, 3.8) is 0 Å². The van der Waals surface area contributed by atoms with Crippen LogP contribution in [-0.2, 0) is 16.1 Å². The quantitative estimate of drug-likeness (QED) is 0.550. The predicted octanol–water partition coefficient (Wildman–Crippen LogP) is 1.33. The fourth-order valence-electron chi connectivity index (χ4n) is 1.73. The monoisotopic (exact) mass is 204 g/mol. The lowest BCUT2D eigenvalue weighted by molar-refractivity contribution is -0.121. The Bertz CT molecular complexity index is 404. The van der Waals surface area contributed by atoms with E-state index in [2.05, 4.69) is 6.58 Å². The van der Waals surface area contributed by atoms with Gasteiger partial charge in [-0.15, -0.1) is 6.58 Å². The molecule has 1 aliphatic heterocycles. The van der Waals surface area contributed by atoms with Gasteiger partial charge in [-0.2, -0.15) is 0 Å². The molecule has 0 saturated carbocycles. The standard InChI is InChI=1S/C11H12N2O2/c1-2-7-12-8-3-4-9(12)13-10(14)5-6-11(13)15/h2-4,8H,1,5-7H2. The van der Waals surface area contributed by atoms with E-state index in [9.17, 15) is 9.59 Å². The maximum Gasteiger partial charge on any atom is 0.235 e. The average molecular weight is 204 g/mol. The van der Waals surface area contributed by atoms with Crippen molar-refractivity contribution >= 4 is 17.6 Å². The summed E-state index contributed by atoms with van der Waals surface area (Å²) < 4.78 is 1.83. The number of allylic oxidation sites excluding steroid dienone is 1. The van der Waals surface area contributed by atoms with Crippen LogP contribution in [0.1, 0.15) is 12.8 Å². The van der Waals surface area contributed by atoms with Crippen molar-refractivity contribution in [2.24, 2.45) is 0 Å². The lowest BCUT2D eigenvalue weighted by Crippen LogP contribution is -2.30. The van der Waals surface area contributed by atoms with E-state index in [1.165, 1.54) is 4.90 Å². The summed E-state index contributed by atoms with van der Waals surface area (Å²) in [5.41, 5.74) is 0. The van der Waals surface area contributed by atoms with Crippen molar-refractivity contribution in [1.29, 1.82) is 0 Å². The van der Waals surface area contributed by atoms with Crippen molar-refractivity contribution < 1.29 is 9.59 Å². The zero-order valence-electron chi connectivity index (χ0n) is 8.35. The SMILES string of the molecule is C=CCn1cccc1N1C(=O)CCC1=O. The maximum atomic E-state index is 11.5. The Morgan fingerprint density at radius 3 is 2.60 bits per heavy atom. The Balaban J connectivity index is 2.35. The van der Waals surface area contributed by atoms with Crippen LogP contribution in [0.4, 0.5) is 5.82 Å². The van der Waals surface area contributed by atoms with Crippen molar-refractivity contribution in [3.05, 3.63) is 31.0 Å². The summed E-state index contributed by atoms with van der Waals surface area (Å²) >= 11 is 0. The van der Waals surface area contributed by atoms with Crippen LogP contribution in [0.5, 0.6) is 0 Å². The Morgan fingerprint density at radius 1 is 1.33 bits per heavy atom. The van der Waals surface area contributed by atoms with E-state index in [1.807, 2.05) is 16.8 Å². The zero-order valence-corrected chi connectivity index (χ0v) is 8.35. The molecule has 0 radical (unpaired) electrons. The highest BCUT2D eigenvalue weighted by atomic mass is 16.2. The van der Waals surface area contributed by atoms with E-state index < -0.39 is 0 Å². The molecule has 2 rings (SSSR count). The minimum Gasteiger partial charge on any atom is -0.330 e. The predicted molar refractivity (Wildman–Crippen MR) is 56.4 cm³/mol. The second kappa shape index (κ2) is 3.73. The second-order valence-corrected chi connectivity index (χ2v) is 3.43. The molecule has 1 saturated heterocycles. The molecular formula is C11H12N2O2. The maximum absolute atomic E-state index is 11.5. The average Bonchev–Trinajstić information content (AvgIpc) is 2.75. The molecule has 1 aliphatic rings. The third-order valence-corrected chi connectivity index (χ3v) is 2.41. The highest BCUT2D eigenvalue weighted by molar-refractivity contribution is 6.19. The van der Waals surface area contributed by atoms with Crippen molar-refractivity contribution in [2.45, 2.75) is 19.4 Å². The summed E-state index contributed by atoms with van der Waals surface area (Å²) in [7, 11) is 0. The van der Waals surface area contributed by atoms with Gasteiger partial charge >= 0.3 is 0 Å². The van der Waals surface area contributed by atoms with Crippen LogP contribution in [0, 0.1) is 0 Å². The van der Waals surface area contributed by atoms with Gasteiger partial charge in [-0.25, -0.2) is 4.90 Å². The van der Waals surface area contributed by atoms with Gasteiger partial charge in [-0.3, -0.25) is 9.59 Å². The van der Waals surface area contributed by atoms with E-state index in [4.69, 9.17) is 0 Å². The van der Waals surface area contributed by atoms with Gasteiger partial charge in [0.2, 0.25) is 11.8 Å². The summed E-state index contributed by atoms with van der Waals surface area (Å²) in [6, 6.07) is 3.59. The molecule has 15 heavy (non-hydrogen) atoms. The molecule has 0 N–H and O–H groups in total. The number of hydrogen-bond donors (Lipinski definition) is 0. The molecule has 4 nitrogen and oxygen atoms in total. The molecule has 4 heteroatoms. The summed E-state index contributed by atoms with van der Waals surface area (Å²) in [6.45, 7) is 4.23. The topological polar surface area (TPSA) is 42.3 Å². The molecule has 0 spiro atoms. The number of anilines is 1. The van der Waals surface area contributed by atoms with Crippen LogP contribution >= 0.6 is 0 Å². The Hall–Kier alpha value is -1.84. The lowest BCUT2D eigenvalue weighted by Gasteiger charge is -2.15. The van der Waals surface area contributed by atoms with Gasteiger partial charge in [0.25, 0.3) is 0 Å². The van der Waals surface area contributed by atoms with Crippen LogP contribution in [0.3, 0.4) is 0 Å². The van der Waals surface area contributed by atoms with Gasteiger partial charge < -0.3 is 4.57 Å². The van der Waals surface area contributed by atoms with Gasteiger partial charge in [0.15, 0.2) is 0 Å². The number of imide groups is 1. The minimum atomic E-state index is -0.121. The number of carbonyl (C=O) groups is 2. The Kier molecular flexibility index (Phi) is 2.41. The van der Waals surface area contributed by atoms with Gasteiger partial charge in [-0.1, -0.05) is 6.08 Å². The molecule has 0 bridgehead atoms. The highest BCUT2D eigenvalue weighted by Crippen LogP contribution is 2.22. The molecule has 0 atom stereocenters. The van der Waals surface area contributed by atoms with E-state index in [1.54, 1.807) is 12.1 Å².